The molecule has 25 heavy (non-hydrogen) atoms. The number of hydrogen-bond donors (Lipinski definition) is 1. The number of carbonyl (C=O) groups excluding carboxylic acids is 2. The molecular formula is C21H26N2O2. The first-order valence-corrected chi connectivity index (χ1v) is 8.66. The number of para-hydroxylation sites is 2. The summed E-state index contributed by atoms with van der Waals surface area (Å²) in [6, 6.07) is 13.7. The van der Waals surface area contributed by atoms with Crippen LogP contribution >= 0.6 is 0 Å². The molecule has 2 rings (SSSR count). The molecule has 0 aliphatic carbocycles. The number of aryl methyl sites for hydroxylation is 3. The number of rotatable bonds is 6. The largest absolute Gasteiger partial charge is 0.326 e. The molecule has 0 fully saturated rings. The van der Waals surface area contributed by atoms with Crippen LogP contribution in [-0.4, -0.2) is 18.4 Å². The van der Waals surface area contributed by atoms with E-state index in [0.717, 1.165) is 34.5 Å². The molecule has 0 aliphatic rings. The zero-order valence-electron chi connectivity index (χ0n) is 15.4. The van der Waals surface area contributed by atoms with Crippen molar-refractivity contribution in [3.8, 4) is 0 Å². The molecule has 0 saturated heterocycles. The van der Waals surface area contributed by atoms with E-state index in [9.17, 15) is 9.59 Å². The number of benzene rings is 2. The summed E-state index contributed by atoms with van der Waals surface area (Å²) in [5.74, 6) is -0.139. The maximum absolute atomic E-state index is 12.3. The number of amides is 2. The fraction of sp³-hybridized carbons (Fsp3) is 0.333. The smallest absolute Gasteiger partial charge is 0.226 e. The van der Waals surface area contributed by atoms with E-state index >= 15 is 0 Å². The van der Waals surface area contributed by atoms with Crippen LogP contribution in [0, 0.1) is 13.8 Å². The first-order chi connectivity index (χ1) is 11.9. The Bertz CT molecular complexity index is 768. The predicted octanol–water partition coefficient (Wildman–Crippen LogP) is 4.25. The summed E-state index contributed by atoms with van der Waals surface area (Å²) in [7, 11) is 0. The average molecular weight is 338 g/mol. The van der Waals surface area contributed by atoms with E-state index in [2.05, 4.69) is 12.2 Å². The van der Waals surface area contributed by atoms with Crippen molar-refractivity contribution in [1.82, 2.24) is 0 Å². The van der Waals surface area contributed by atoms with Gasteiger partial charge in [-0.3, -0.25) is 9.59 Å². The molecule has 0 atom stereocenters. The molecule has 2 amide bonds. The summed E-state index contributed by atoms with van der Waals surface area (Å²) < 4.78 is 0. The van der Waals surface area contributed by atoms with Gasteiger partial charge in [0.25, 0.3) is 0 Å². The second kappa shape index (κ2) is 8.47. The van der Waals surface area contributed by atoms with E-state index < -0.39 is 0 Å². The number of nitrogens with zero attached hydrogens (tertiary/aromatic N) is 1. The van der Waals surface area contributed by atoms with Gasteiger partial charge in [-0.15, -0.1) is 0 Å². The van der Waals surface area contributed by atoms with Crippen LogP contribution in [0.25, 0.3) is 0 Å². The lowest BCUT2D eigenvalue weighted by atomic mass is 10.0. The van der Waals surface area contributed by atoms with Gasteiger partial charge in [-0.25, -0.2) is 0 Å². The third-order valence-corrected chi connectivity index (χ3v) is 4.33. The molecule has 0 aromatic heterocycles. The first-order valence-electron chi connectivity index (χ1n) is 8.66. The monoisotopic (exact) mass is 338 g/mol. The van der Waals surface area contributed by atoms with Gasteiger partial charge >= 0.3 is 0 Å². The Kier molecular flexibility index (Phi) is 6.34. The normalized spacial score (nSPS) is 10.4. The van der Waals surface area contributed by atoms with Gasteiger partial charge in [0, 0.05) is 31.3 Å². The predicted molar refractivity (Wildman–Crippen MR) is 103 cm³/mol. The highest BCUT2D eigenvalue weighted by Gasteiger charge is 2.18. The maximum atomic E-state index is 12.3. The molecule has 0 heterocycles. The lowest BCUT2D eigenvalue weighted by Gasteiger charge is -2.25. The highest BCUT2D eigenvalue weighted by Crippen LogP contribution is 2.26. The fourth-order valence-electron chi connectivity index (χ4n) is 2.96. The van der Waals surface area contributed by atoms with Crippen LogP contribution < -0.4 is 10.2 Å². The zero-order valence-corrected chi connectivity index (χ0v) is 15.4. The molecule has 4 heteroatoms. The molecule has 0 unspecified atom stereocenters. The molecule has 1 N–H and O–H groups in total. The molecule has 0 spiro atoms. The van der Waals surface area contributed by atoms with E-state index in [1.165, 1.54) is 0 Å². The van der Waals surface area contributed by atoms with Gasteiger partial charge in [0.15, 0.2) is 0 Å². The standard InChI is InChI=1S/C21H26N2O2/c1-5-18-11-8-10-16(3)21(18)23(17(4)24)14-13-20(25)22-19-12-7-6-9-15(19)2/h6-12H,5,13-14H2,1-4H3,(H,22,25). The van der Waals surface area contributed by atoms with Gasteiger partial charge in [-0.05, 0) is 43.0 Å². The van der Waals surface area contributed by atoms with E-state index in [1.807, 2.05) is 56.3 Å². The van der Waals surface area contributed by atoms with Crippen molar-refractivity contribution in [1.29, 1.82) is 0 Å². The summed E-state index contributed by atoms with van der Waals surface area (Å²) in [6.07, 6.45) is 1.10. The Balaban J connectivity index is 2.12. The van der Waals surface area contributed by atoms with Crippen molar-refractivity contribution in [2.45, 2.75) is 40.5 Å². The van der Waals surface area contributed by atoms with Gasteiger partial charge in [0.1, 0.15) is 0 Å². The van der Waals surface area contributed by atoms with Crippen LogP contribution in [0.2, 0.25) is 0 Å². The van der Waals surface area contributed by atoms with Gasteiger partial charge in [0.2, 0.25) is 11.8 Å². The summed E-state index contributed by atoms with van der Waals surface area (Å²) in [6.45, 7) is 7.94. The minimum absolute atomic E-state index is 0.0484. The number of carbonyl (C=O) groups is 2. The van der Waals surface area contributed by atoms with Crippen LogP contribution in [-0.2, 0) is 16.0 Å². The Morgan fingerprint density at radius 3 is 2.32 bits per heavy atom. The Morgan fingerprint density at radius 2 is 1.68 bits per heavy atom. The van der Waals surface area contributed by atoms with Crippen LogP contribution in [0.4, 0.5) is 11.4 Å². The molecule has 4 nitrogen and oxygen atoms in total. The highest BCUT2D eigenvalue weighted by atomic mass is 16.2. The summed E-state index contributed by atoms with van der Waals surface area (Å²) in [5.41, 5.74) is 4.93. The quantitative estimate of drug-likeness (QED) is 0.856. The van der Waals surface area contributed by atoms with Crippen molar-refractivity contribution >= 4 is 23.2 Å². The van der Waals surface area contributed by atoms with Crippen molar-refractivity contribution in [3.63, 3.8) is 0 Å². The second-order valence-corrected chi connectivity index (χ2v) is 6.22. The van der Waals surface area contributed by atoms with Crippen molar-refractivity contribution in [2.75, 3.05) is 16.8 Å². The lowest BCUT2D eigenvalue weighted by molar-refractivity contribution is -0.117. The zero-order chi connectivity index (χ0) is 18.4. The lowest BCUT2D eigenvalue weighted by Crippen LogP contribution is -2.33. The van der Waals surface area contributed by atoms with Crippen LogP contribution in [0.1, 0.15) is 37.0 Å². The van der Waals surface area contributed by atoms with Crippen molar-refractivity contribution in [3.05, 3.63) is 59.2 Å². The molecule has 0 bridgehead atoms. The third-order valence-electron chi connectivity index (χ3n) is 4.33. The van der Waals surface area contributed by atoms with Gasteiger partial charge in [-0.1, -0.05) is 43.3 Å². The van der Waals surface area contributed by atoms with Crippen molar-refractivity contribution < 1.29 is 9.59 Å². The van der Waals surface area contributed by atoms with Gasteiger partial charge in [0.05, 0.1) is 0 Å². The first kappa shape index (κ1) is 18.7. The molecule has 0 radical (unpaired) electrons. The fourth-order valence-corrected chi connectivity index (χ4v) is 2.96. The van der Waals surface area contributed by atoms with E-state index in [4.69, 9.17) is 0 Å². The molecule has 0 aliphatic heterocycles. The van der Waals surface area contributed by atoms with E-state index in [1.54, 1.807) is 11.8 Å². The highest BCUT2D eigenvalue weighted by molar-refractivity contribution is 5.96. The summed E-state index contributed by atoms with van der Waals surface area (Å²) in [5, 5.41) is 2.92. The minimum Gasteiger partial charge on any atom is -0.326 e. The van der Waals surface area contributed by atoms with Gasteiger partial charge in [-0.2, -0.15) is 0 Å². The topological polar surface area (TPSA) is 49.4 Å². The number of hydrogen-bond acceptors (Lipinski definition) is 2. The van der Waals surface area contributed by atoms with Crippen LogP contribution in [0.3, 0.4) is 0 Å². The van der Waals surface area contributed by atoms with Crippen LogP contribution in [0.15, 0.2) is 42.5 Å². The maximum Gasteiger partial charge on any atom is 0.226 e. The van der Waals surface area contributed by atoms with Crippen molar-refractivity contribution in [2.24, 2.45) is 0 Å². The Hall–Kier alpha value is -2.62. The molecule has 2 aromatic carbocycles. The molecule has 132 valence electrons. The average Bonchev–Trinajstić information content (AvgIpc) is 2.58. The van der Waals surface area contributed by atoms with E-state index in [0.29, 0.717) is 6.54 Å². The van der Waals surface area contributed by atoms with Crippen LogP contribution in [0.5, 0.6) is 0 Å². The Labute approximate surface area is 149 Å². The van der Waals surface area contributed by atoms with E-state index in [-0.39, 0.29) is 18.2 Å². The summed E-state index contributed by atoms with van der Waals surface area (Å²) >= 11 is 0. The SMILES string of the molecule is CCc1cccc(C)c1N(CCC(=O)Nc1ccccc1C)C(C)=O. The minimum atomic E-state index is -0.0906. The summed E-state index contributed by atoms with van der Waals surface area (Å²) in [4.78, 5) is 26.2. The second-order valence-electron chi connectivity index (χ2n) is 6.22. The molecule has 2 aromatic rings. The number of anilines is 2. The molecular weight excluding hydrogens is 312 g/mol. The Morgan fingerprint density at radius 1 is 1.00 bits per heavy atom. The number of nitrogens with one attached hydrogen (secondary N) is 1. The van der Waals surface area contributed by atoms with Gasteiger partial charge < -0.3 is 10.2 Å². The third kappa shape index (κ3) is 4.69. The molecule has 0 saturated carbocycles.